The van der Waals surface area contributed by atoms with Crippen molar-refractivity contribution in [3.05, 3.63) is 0 Å². The van der Waals surface area contributed by atoms with Gasteiger partial charge in [0.15, 0.2) is 0 Å². The van der Waals surface area contributed by atoms with E-state index in [1.807, 2.05) is 0 Å². The van der Waals surface area contributed by atoms with Crippen LogP contribution in [-0.2, 0) is 14.5 Å². The van der Waals surface area contributed by atoms with Gasteiger partial charge in [-0.2, -0.15) is 5.26 Å². The van der Waals surface area contributed by atoms with Gasteiger partial charge in [0.2, 0.25) is 0 Å². The van der Waals surface area contributed by atoms with E-state index in [0.717, 1.165) is 51.4 Å². The second-order valence-electron chi connectivity index (χ2n) is 7.73. The van der Waals surface area contributed by atoms with Crippen molar-refractivity contribution in [3.63, 3.8) is 0 Å². The molecule has 0 aromatic rings. The Labute approximate surface area is 159 Å². The van der Waals surface area contributed by atoms with Crippen molar-refractivity contribution in [2.24, 2.45) is 10.8 Å². The normalized spacial score (nSPS) is 12.2. The molecule has 5 heteroatoms. The van der Waals surface area contributed by atoms with Gasteiger partial charge in [-0.1, -0.05) is 79.1 Å². The highest BCUT2D eigenvalue weighted by Gasteiger charge is 2.56. The van der Waals surface area contributed by atoms with Crippen LogP contribution >= 0.6 is 0 Å². The molecule has 0 aliphatic carbocycles. The predicted octanol–water partition coefficient (Wildman–Crippen LogP) is 6.21. The lowest BCUT2D eigenvalue weighted by molar-refractivity contribution is -0.255. The quantitative estimate of drug-likeness (QED) is 0.248. The van der Waals surface area contributed by atoms with E-state index in [4.69, 9.17) is 0 Å². The van der Waals surface area contributed by atoms with E-state index in [2.05, 4.69) is 32.6 Å². The SMILES string of the molecule is CCCCC(CCCC)(CC(=O)O)C(CCCC)(CCCC)C(=O)OO. The Balaban J connectivity index is 6.32. The fraction of sp³-hybridized carbons (Fsp3) is 0.905. The van der Waals surface area contributed by atoms with Crippen molar-refractivity contribution < 1.29 is 24.8 Å². The van der Waals surface area contributed by atoms with Gasteiger partial charge in [-0.05, 0) is 31.1 Å². The number of carbonyl (C=O) groups is 2. The van der Waals surface area contributed by atoms with E-state index >= 15 is 0 Å². The molecule has 0 atom stereocenters. The van der Waals surface area contributed by atoms with Crippen LogP contribution in [-0.4, -0.2) is 22.3 Å². The van der Waals surface area contributed by atoms with Crippen molar-refractivity contribution in [3.8, 4) is 0 Å². The summed E-state index contributed by atoms with van der Waals surface area (Å²) in [5, 5.41) is 19.0. The van der Waals surface area contributed by atoms with Crippen molar-refractivity contribution in [1.82, 2.24) is 0 Å². The lowest BCUT2D eigenvalue weighted by Gasteiger charge is -2.49. The lowest BCUT2D eigenvalue weighted by Crippen LogP contribution is -2.50. The summed E-state index contributed by atoms with van der Waals surface area (Å²) < 4.78 is 0. The molecule has 0 saturated carbocycles. The molecule has 0 aromatic heterocycles. The van der Waals surface area contributed by atoms with Crippen LogP contribution in [0.3, 0.4) is 0 Å². The van der Waals surface area contributed by atoms with Gasteiger partial charge in [-0.15, -0.1) is 0 Å². The standard InChI is InChI=1S/C21H40O5/c1-5-9-13-20(14-10-6-2,17-18(22)23)21(15-11-7-3,16-12-8-4)19(24)26-25/h25H,5-17H2,1-4H3,(H,22,23). The zero-order chi connectivity index (χ0) is 20.1. The molecule has 0 rings (SSSR count). The summed E-state index contributed by atoms with van der Waals surface area (Å²) in [6.45, 7) is 8.28. The van der Waals surface area contributed by atoms with Crippen LogP contribution in [0, 0.1) is 10.8 Å². The average molecular weight is 373 g/mol. The van der Waals surface area contributed by atoms with E-state index in [1.54, 1.807) is 0 Å². The molecule has 0 bridgehead atoms. The molecule has 0 heterocycles. The minimum absolute atomic E-state index is 0.0461. The molecule has 0 aromatic carbocycles. The summed E-state index contributed by atoms with van der Waals surface area (Å²) in [6, 6.07) is 0. The lowest BCUT2D eigenvalue weighted by atomic mass is 9.53. The highest BCUT2D eigenvalue weighted by molar-refractivity contribution is 5.79. The highest BCUT2D eigenvalue weighted by atomic mass is 17.1. The van der Waals surface area contributed by atoms with Crippen molar-refractivity contribution >= 4 is 11.9 Å². The van der Waals surface area contributed by atoms with E-state index in [9.17, 15) is 20.0 Å². The maximum atomic E-state index is 12.9. The molecule has 0 radical (unpaired) electrons. The molecule has 154 valence electrons. The van der Waals surface area contributed by atoms with E-state index < -0.39 is 22.8 Å². The van der Waals surface area contributed by atoms with Gasteiger partial charge >= 0.3 is 11.9 Å². The largest absolute Gasteiger partial charge is 0.481 e. The first kappa shape index (κ1) is 24.9. The number of rotatable bonds is 16. The predicted molar refractivity (Wildman–Crippen MR) is 104 cm³/mol. The Morgan fingerprint density at radius 3 is 1.46 bits per heavy atom. The summed E-state index contributed by atoms with van der Waals surface area (Å²) in [5.74, 6) is -1.51. The third-order valence-electron chi connectivity index (χ3n) is 5.91. The molecular weight excluding hydrogens is 332 g/mol. The van der Waals surface area contributed by atoms with Crippen LogP contribution in [0.4, 0.5) is 0 Å². The number of aliphatic carboxylic acids is 1. The van der Waals surface area contributed by atoms with Crippen LogP contribution in [0.1, 0.15) is 111 Å². The number of carboxylic acid groups (broad SMARTS) is 1. The van der Waals surface area contributed by atoms with Gasteiger partial charge in [-0.25, -0.2) is 4.79 Å². The Morgan fingerprint density at radius 1 is 0.769 bits per heavy atom. The number of hydrogen-bond donors (Lipinski definition) is 2. The van der Waals surface area contributed by atoms with E-state index in [0.29, 0.717) is 25.7 Å². The fourth-order valence-electron chi connectivity index (χ4n) is 4.39. The molecule has 0 aliphatic heterocycles. The van der Waals surface area contributed by atoms with Gasteiger partial charge in [0.25, 0.3) is 0 Å². The van der Waals surface area contributed by atoms with Crippen LogP contribution in [0.5, 0.6) is 0 Å². The number of unbranched alkanes of at least 4 members (excludes halogenated alkanes) is 4. The van der Waals surface area contributed by atoms with Crippen molar-refractivity contribution in [2.75, 3.05) is 0 Å². The topological polar surface area (TPSA) is 83.8 Å². The minimum atomic E-state index is -0.934. The molecule has 26 heavy (non-hydrogen) atoms. The van der Waals surface area contributed by atoms with Crippen LogP contribution in [0.15, 0.2) is 0 Å². The second kappa shape index (κ2) is 13.1. The maximum absolute atomic E-state index is 12.9. The molecule has 0 unspecified atom stereocenters. The molecule has 0 saturated heterocycles. The number of hydrogen-bond acceptors (Lipinski definition) is 4. The van der Waals surface area contributed by atoms with Gasteiger partial charge in [0.05, 0.1) is 11.8 Å². The Hall–Kier alpha value is -1.10. The van der Waals surface area contributed by atoms with E-state index in [1.165, 1.54) is 0 Å². The molecule has 0 aliphatic rings. The highest BCUT2D eigenvalue weighted by Crippen LogP contribution is 2.56. The first-order valence-corrected chi connectivity index (χ1v) is 10.5. The summed E-state index contributed by atoms with van der Waals surface area (Å²) in [6.07, 6.45) is 9.55. The monoisotopic (exact) mass is 372 g/mol. The first-order valence-electron chi connectivity index (χ1n) is 10.5. The Bertz CT molecular complexity index is 389. The van der Waals surface area contributed by atoms with Crippen molar-refractivity contribution in [2.45, 2.75) is 111 Å². The summed E-state index contributed by atoms with van der Waals surface area (Å²) in [4.78, 5) is 29.1. The fourth-order valence-corrected chi connectivity index (χ4v) is 4.39. The zero-order valence-corrected chi connectivity index (χ0v) is 17.3. The Morgan fingerprint density at radius 2 is 1.15 bits per heavy atom. The van der Waals surface area contributed by atoms with Gasteiger partial charge < -0.3 is 9.99 Å². The van der Waals surface area contributed by atoms with Crippen LogP contribution in [0.2, 0.25) is 0 Å². The van der Waals surface area contributed by atoms with Crippen molar-refractivity contribution in [1.29, 1.82) is 0 Å². The number of carboxylic acids is 1. The maximum Gasteiger partial charge on any atom is 0.348 e. The average Bonchev–Trinajstić information content (AvgIpc) is 2.63. The smallest absolute Gasteiger partial charge is 0.348 e. The molecule has 5 nitrogen and oxygen atoms in total. The number of carbonyl (C=O) groups excluding carboxylic acids is 1. The molecular formula is C21H40O5. The van der Waals surface area contributed by atoms with Crippen LogP contribution in [0.25, 0.3) is 0 Å². The van der Waals surface area contributed by atoms with Gasteiger partial charge in [0, 0.05) is 0 Å². The molecule has 0 amide bonds. The van der Waals surface area contributed by atoms with Gasteiger partial charge in [-0.3, -0.25) is 4.79 Å². The summed E-state index contributed by atoms with van der Waals surface area (Å²) >= 11 is 0. The summed E-state index contributed by atoms with van der Waals surface area (Å²) in [5.41, 5.74) is -1.61. The second-order valence-corrected chi connectivity index (χ2v) is 7.73. The Kier molecular flexibility index (Phi) is 12.6. The third-order valence-corrected chi connectivity index (χ3v) is 5.91. The third kappa shape index (κ3) is 6.57. The molecule has 2 N–H and O–H groups in total. The molecule has 0 fully saturated rings. The van der Waals surface area contributed by atoms with Gasteiger partial charge in [0.1, 0.15) is 0 Å². The molecule has 0 spiro atoms. The van der Waals surface area contributed by atoms with E-state index in [-0.39, 0.29) is 6.42 Å². The van der Waals surface area contributed by atoms with Crippen LogP contribution < -0.4 is 0 Å². The first-order chi connectivity index (χ1) is 12.4. The zero-order valence-electron chi connectivity index (χ0n) is 17.3. The minimum Gasteiger partial charge on any atom is -0.481 e. The summed E-state index contributed by atoms with van der Waals surface area (Å²) in [7, 11) is 0.